The van der Waals surface area contributed by atoms with Gasteiger partial charge in [-0.3, -0.25) is 0 Å². The van der Waals surface area contributed by atoms with E-state index in [1.807, 2.05) is 85.8 Å². The molecule has 2 saturated heterocycles. The molecule has 5 aliphatic rings. The molecular weight excluding hydrogens is 1190 g/mol. The van der Waals surface area contributed by atoms with Crippen LogP contribution in [0.25, 0.3) is 0 Å². The third-order valence-corrected chi connectivity index (χ3v) is 21.3. The Morgan fingerprint density at radius 1 is 0.548 bits per heavy atom. The van der Waals surface area contributed by atoms with Gasteiger partial charge in [0.2, 0.25) is 0 Å². The van der Waals surface area contributed by atoms with Gasteiger partial charge >= 0.3 is 11.9 Å². The largest absolute Gasteiger partial charge is 0.459 e. The van der Waals surface area contributed by atoms with Gasteiger partial charge in [-0.15, -0.1) is 0 Å². The molecule has 5 aliphatic heterocycles. The smallest absolute Gasteiger partial charge is 0.331 e. The number of aliphatic hydroxyl groups is 9. The third-order valence-electron chi connectivity index (χ3n) is 21.3. The number of carbonyl (C=O) groups excluding carboxylic acids is 2. The lowest BCUT2D eigenvalue weighted by Gasteiger charge is -2.37. The van der Waals surface area contributed by atoms with Crippen LogP contribution in [0.3, 0.4) is 0 Å². The molecule has 534 valence electrons. The standard InChI is InChI=1S/C75H126O18/c1-44-23-31-57(77)39-62-21-16-22-63(91-62)41-69(87-13)51(8)65(79)42-66(80)52(9)74(86)55(12)75(48(5)29-33-59-18-14-17-49(6)88-59)93-71(83)36-26-45(2)24-30-56(76)38-61-20-15-19-60(90-61)32-27-46(3)68(92-70(82)35-25-44)43-67(81)53(10)73(85)54(11)72(84)47(4)28-34-64-40-58(78)37-50(7)89-64/h15-16,20-21,23-26,35-36,46-69,72-81,84-86H,14,17-19,22,27-34,37-43H2,1-13H3. The van der Waals surface area contributed by atoms with Crippen molar-refractivity contribution < 1.29 is 88.7 Å². The Kier molecular flexibility index (Phi) is 35.2. The summed E-state index contributed by atoms with van der Waals surface area (Å²) in [6, 6.07) is 0. The summed E-state index contributed by atoms with van der Waals surface area (Å²) in [6.45, 7) is 22.6. The van der Waals surface area contributed by atoms with Gasteiger partial charge in [-0.1, -0.05) is 115 Å². The van der Waals surface area contributed by atoms with Crippen molar-refractivity contribution in [1.82, 2.24) is 0 Å². The predicted molar refractivity (Wildman–Crippen MR) is 360 cm³/mol. The molecule has 5 heterocycles. The van der Waals surface area contributed by atoms with Crippen molar-refractivity contribution in [2.24, 2.45) is 47.3 Å². The number of cyclic esters (lactones) is 2. The zero-order valence-corrected chi connectivity index (χ0v) is 58.8. The van der Waals surface area contributed by atoms with Gasteiger partial charge in [-0.2, -0.15) is 0 Å². The number of allylic oxidation sites excluding steroid dienone is 4. The van der Waals surface area contributed by atoms with E-state index in [1.54, 1.807) is 40.0 Å². The maximum Gasteiger partial charge on any atom is 0.331 e. The maximum atomic E-state index is 13.8. The molecule has 28 atom stereocenters. The molecule has 0 saturated carbocycles. The normalized spacial score (nSPS) is 38.5. The molecule has 0 radical (unpaired) electrons. The van der Waals surface area contributed by atoms with E-state index in [-0.39, 0.29) is 79.7 Å². The van der Waals surface area contributed by atoms with Crippen LogP contribution in [-0.4, -0.2) is 187 Å². The summed E-state index contributed by atoms with van der Waals surface area (Å²) in [5.41, 5.74) is 1.46. The van der Waals surface area contributed by atoms with Crippen molar-refractivity contribution in [2.45, 2.75) is 334 Å². The molecule has 0 spiro atoms. The first kappa shape index (κ1) is 80.5. The minimum absolute atomic E-state index is 0.0235. The molecule has 0 aliphatic carbocycles. The first-order valence-electron chi connectivity index (χ1n) is 35.7. The van der Waals surface area contributed by atoms with Crippen LogP contribution in [0.1, 0.15) is 212 Å². The second-order valence-electron chi connectivity index (χ2n) is 29.4. The Labute approximate surface area is 558 Å². The van der Waals surface area contributed by atoms with Crippen molar-refractivity contribution in [3.05, 3.63) is 71.9 Å². The second-order valence-corrected chi connectivity index (χ2v) is 29.4. The second kappa shape index (κ2) is 40.6. The summed E-state index contributed by atoms with van der Waals surface area (Å²) in [7, 11) is 1.58. The van der Waals surface area contributed by atoms with Crippen LogP contribution < -0.4 is 0 Å². The Bertz CT molecular complexity index is 2350. The lowest BCUT2D eigenvalue weighted by Crippen LogP contribution is -2.45. The highest BCUT2D eigenvalue weighted by Gasteiger charge is 2.40. The van der Waals surface area contributed by atoms with Gasteiger partial charge in [0.15, 0.2) is 0 Å². The Morgan fingerprint density at radius 3 is 1.72 bits per heavy atom. The third kappa shape index (κ3) is 27.6. The van der Waals surface area contributed by atoms with E-state index in [0.717, 1.165) is 36.8 Å². The van der Waals surface area contributed by atoms with Gasteiger partial charge in [0, 0.05) is 74.5 Å². The fourth-order valence-corrected chi connectivity index (χ4v) is 14.5. The molecule has 4 bridgehead atoms. The molecule has 0 aromatic carbocycles. The van der Waals surface area contributed by atoms with E-state index in [2.05, 4.69) is 13.0 Å². The van der Waals surface area contributed by atoms with E-state index in [1.165, 1.54) is 12.2 Å². The summed E-state index contributed by atoms with van der Waals surface area (Å²) in [6.07, 6.45) is 17.4. The van der Waals surface area contributed by atoms with Gasteiger partial charge < -0.3 is 79.1 Å². The van der Waals surface area contributed by atoms with E-state index < -0.39 is 121 Å². The molecule has 28 unspecified atom stereocenters. The topological polar surface area (TPSA) is 281 Å². The average Bonchev–Trinajstić information content (AvgIpc) is 1.01. The number of rotatable bonds is 15. The molecule has 18 nitrogen and oxygen atoms in total. The molecular formula is C75H126O18. The van der Waals surface area contributed by atoms with Crippen LogP contribution in [-0.2, 0) is 42.7 Å². The van der Waals surface area contributed by atoms with Crippen LogP contribution >= 0.6 is 0 Å². The summed E-state index contributed by atoms with van der Waals surface area (Å²) in [4.78, 5) is 27.5. The molecule has 0 aromatic heterocycles. The van der Waals surface area contributed by atoms with E-state index in [4.69, 9.17) is 33.2 Å². The van der Waals surface area contributed by atoms with Crippen molar-refractivity contribution in [3.8, 4) is 0 Å². The van der Waals surface area contributed by atoms with E-state index >= 15 is 0 Å². The first-order valence-corrected chi connectivity index (χ1v) is 35.7. The summed E-state index contributed by atoms with van der Waals surface area (Å²) >= 11 is 0. The molecule has 18 heteroatoms. The van der Waals surface area contributed by atoms with Gasteiger partial charge in [-0.25, -0.2) is 9.59 Å². The van der Waals surface area contributed by atoms with Gasteiger partial charge in [0.05, 0.1) is 110 Å². The number of hydrogen-bond donors (Lipinski definition) is 9. The number of carbonyl (C=O) groups is 2. The SMILES string of the molecule is COC1CC2CC=CC(CC(O)CC=C(C)C=CC(=O)OC(CC(O)C(C)C(O)C(C)C(O)C(C)CCC3CC(O)CC(C)O3)C(C)CCC3CC=CC(CC(O)CC=C(C)C=CC(=O)OC(C(C)CCC4CCCC(C)O4)C(C)C(O)C(C)C(O)CC(O)C1C)O3)O2. The van der Waals surface area contributed by atoms with Gasteiger partial charge in [-0.05, 0) is 148 Å². The average molecular weight is 1320 g/mol. The van der Waals surface area contributed by atoms with Crippen LogP contribution in [0.15, 0.2) is 71.9 Å². The zero-order valence-electron chi connectivity index (χ0n) is 58.8. The minimum atomic E-state index is -1.11. The summed E-state index contributed by atoms with van der Waals surface area (Å²) in [5, 5.41) is 103. The fourth-order valence-electron chi connectivity index (χ4n) is 14.5. The van der Waals surface area contributed by atoms with Crippen molar-refractivity contribution in [2.75, 3.05) is 7.11 Å². The summed E-state index contributed by atoms with van der Waals surface area (Å²) in [5.74, 6) is -4.85. The molecule has 2 fully saturated rings. The monoisotopic (exact) mass is 1310 g/mol. The number of aliphatic hydroxyl groups excluding tert-OH is 9. The van der Waals surface area contributed by atoms with Crippen molar-refractivity contribution in [1.29, 1.82) is 0 Å². The van der Waals surface area contributed by atoms with E-state index in [9.17, 15) is 55.5 Å². The lowest BCUT2D eigenvalue weighted by molar-refractivity contribution is -0.154. The van der Waals surface area contributed by atoms with Crippen LogP contribution in [0.4, 0.5) is 0 Å². The van der Waals surface area contributed by atoms with Crippen LogP contribution in [0.2, 0.25) is 0 Å². The Morgan fingerprint density at radius 2 is 1.12 bits per heavy atom. The molecule has 0 amide bonds. The predicted octanol–water partition coefficient (Wildman–Crippen LogP) is 10.2. The van der Waals surface area contributed by atoms with Crippen molar-refractivity contribution >= 4 is 11.9 Å². The molecule has 0 aromatic rings. The minimum Gasteiger partial charge on any atom is -0.459 e. The summed E-state index contributed by atoms with van der Waals surface area (Å²) < 4.78 is 43.7. The number of methoxy groups -OCH3 is 1. The number of esters is 2. The van der Waals surface area contributed by atoms with Crippen LogP contribution in [0.5, 0.6) is 0 Å². The van der Waals surface area contributed by atoms with Crippen LogP contribution in [0, 0.1) is 47.3 Å². The molecule has 9 N–H and O–H groups in total. The number of ether oxygens (including phenoxy) is 7. The Hall–Kier alpha value is -3.18. The van der Waals surface area contributed by atoms with E-state index in [0.29, 0.717) is 83.5 Å². The van der Waals surface area contributed by atoms with Crippen molar-refractivity contribution in [3.63, 3.8) is 0 Å². The van der Waals surface area contributed by atoms with Gasteiger partial charge in [0.25, 0.3) is 0 Å². The highest BCUT2D eigenvalue weighted by molar-refractivity contribution is 5.83. The molecule has 5 rings (SSSR count). The first-order chi connectivity index (χ1) is 44.0. The quantitative estimate of drug-likeness (QED) is 0.0544. The highest BCUT2D eigenvalue weighted by Crippen LogP contribution is 2.36. The maximum absolute atomic E-state index is 13.8. The fraction of sp³-hybridized carbons (Fsp3) is 0.813. The lowest BCUT2D eigenvalue weighted by atomic mass is 9.79. The Balaban J connectivity index is 1.32. The zero-order chi connectivity index (χ0) is 68.6. The number of hydrogen-bond acceptors (Lipinski definition) is 18. The number of fused-ring (bicyclic) bond motifs is 4. The highest BCUT2D eigenvalue weighted by atomic mass is 16.6. The van der Waals surface area contributed by atoms with Gasteiger partial charge in [0.1, 0.15) is 12.2 Å². The molecule has 93 heavy (non-hydrogen) atoms.